The van der Waals surface area contributed by atoms with Crippen LogP contribution in [-0.4, -0.2) is 31.4 Å². The van der Waals surface area contributed by atoms with Crippen LogP contribution in [0.1, 0.15) is 18.4 Å². The van der Waals surface area contributed by atoms with E-state index in [2.05, 4.69) is 0 Å². The molecule has 0 atom stereocenters. The van der Waals surface area contributed by atoms with Crippen molar-refractivity contribution in [3.8, 4) is 5.75 Å². The largest absolute Gasteiger partial charge is 0.493 e. The summed E-state index contributed by atoms with van der Waals surface area (Å²) in [4.78, 5) is 10.5. The van der Waals surface area contributed by atoms with Crippen molar-refractivity contribution in [3.05, 3.63) is 35.9 Å². The van der Waals surface area contributed by atoms with Crippen LogP contribution in [0.5, 0.6) is 5.75 Å². The van der Waals surface area contributed by atoms with Crippen LogP contribution in [0.4, 0.5) is 0 Å². The van der Waals surface area contributed by atoms with Gasteiger partial charge in [-0.05, 0) is 25.0 Å². The van der Waals surface area contributed by atoms with E-state index in [-0.39, 0.29) is 0 Å². The summed E-state index contributed by atoms with van der Waals surface area (Å²) in [5, 5.41) is 8.60. The van der Waals surface area contributed by atoms with E-state index in [1.165, 1.54) is 6.08 Å². The highest BCUT2D eigenvalue weighted by Gasteiger charge is 2.00. The number of hydrogen-bond donors (Lipinski definition) is 1. The highest BCUT2D eigenvalue weighted by molar-refractivity contribution is 5.85. The molecule has 0 aliphatic carbocycles. The summed E-state index contributed by atoms with van der Waals surface area (Å²) in [6, 6.07) is 7.36. The molecule has 0 saturated carbocycles. The van der Waals surface area contributed by atoms with Gasteiger partial charge in [0, 0.05) is 25.4 Å². The zero-order valence-corrected chi connectivity index (χ0v) is 10.5. The first-order valence-corrected chi connectivity index (χ1v) is 5.86. The molecule has 1 rings (SSSR count). The van der Waals surface area contributed by atoms with Gasteiger partial charge in [-0.3, -0.25) is 0 Å². The lowest BCUT2D eigenvalue weighted by Crippen LogP contribution is -2.00. The molecule has 18 heavy (non-hydrogen) atoms. The van der Waals surface area contributed by atoms with Crippen LogP contribution < -0.4 is 4.74 Å². The molecule has 0 radical (unpaired) electrons. The Hall–Kier alpha value is -1.81. The summed E-state index contributed by atoms with van der Waals surface area (Å²) in [6.07, 6.45) is 4.49. The van der Waals surface area contributed by atoms with E-state index in [0.29, 0.717) is 12.4 Å². The van der Waals surface area contributed by atoms with Crippen molar-refractivity contribution in [3.63, 3.8) is 0 Å². The molecular weight excluding hydrogens is 232 g/mol. The fourth-order valence-corrected chi connectivity index (χ4v) is 1.44. The number of carboxylic acids is 1. The minimum absolute atomic E-state index is 0.598. The Kier molecular flexibility index (Phi) is 6.58. The van der Waals surface area contributed by atoms with Crippen molar-refractivity contribution in [1.29, 1.82) is 0 Å². The molecule has 0 spiro atoms. The maximum Gasteiger partial charge on any atom is 0.328 e. The number of benzene rings is 1. The van der Waals surface area contributed by atoms with Gasteiger partial charge >= 0.3 is 5.97 Å². The minimum atomic E-state index is -0.968. The van der Waals surface area contributed by atoms with Gasteiger partial charge in [-0.1, -0.05) is 18.2 Å². The molecule has 0 aromatic heterocycles. The molecular formula is C14H18O4. The maximum atomic E-state index is 10.5. The normalized spacial score (nSPS) is 10.7. The lowest BCUT2D eigenvalue weighted by molar-refractivity contribution is -0.131. The molecule has 0 saturated heterocycles. The van der Waals surface area contributed by atoms with E-state index >= 15 is 0 Å². The average Bonchev–Trinajstić information content (AvgIpc) is 2.37. The van der Waals surface area contributed by atoms with Crippen LogP contribution in [0.25, 0.3) is 6.08 Å². The van der Waals surface area contributed by atoms with Gasteiger partial charge in [-0.2, -0.15) is 0 Å². The Labute approximate surface area is 107 Å². The quantitative estimate of drug-likeness (QED) is 0.569. The van der Waals surface area contributed by atoms with Crippen LogP contribution in [0.2, 0.25) is 0 Å². The number of hydrogen-bond acceptors (Lipinski definition) is 3. The van der Waals surface area contributed by atoms with Crippen molar-refractivity contribution in [2.24, 2.45) is 0 Å². The lowest BCUT2D eigenvalue weighted by atomic mass is 10.2. The molecule has 4 heteroatoms. The fourth-order valence-electron chi connectivity index (χ4n) is 1.44. The van der Waals surface area contributed by atoms with Crippen LogP contribution in [-0.2, 0) is 9.53 Å². The van der Waals surface area contributed by atoms with Crippen molar-refractivity contribution < 1.29 is 19.4 Å². The Bertz CT molecular complexity index is 399. The molecule has 0 unspecified atom stereocenters. The van der Waals surface area contributed by atoms with Gasteiger partial charge in [-0.25, -0.2) is 4.79 Å². The predicted octanol–water partition coefficient (Wildman–Crippen LogP) is 2.59. The molecule has 1 aromatic carbocycles. The Morgan fingerprint density at radius 2 is 2.00 bits per heavy atom. The van der Waals surface area contributed by atoms with Gasteiger partial charge in [0.05, 0.1) is 6.61 Å². The predicted molar refractivity (Wildman–Crippen MR) is 69.7 cm³/mol. The molecule has 0 amide bonds. The number of para-hydroxylation sites is 1. The summed E-state index contributed by atoms with van der Waals surface area (Å²) in [5.41, 5.74) is 0.770. The standard InChI is InChI=1S/C14H18O4/c1-17-10-4-5-11-18-13-7-3-2-6-12(13)8-9-14(15)16/h2-3,6-9H,4-5,10-11H2,1H3,(H,15,16)/b9-8+. The monoisotopic (exact) mass is 250 g/mol. The van der Waals surface area contributed by atoms with Gasteiger partial charge in [0.2, 0.25) is 0 Å². The van der Waals surface area contributed by atoms with Gasteiger partial charge in [-0.15, -0.1) is 0 Å². The van der Waals surface area contributed by atoms with Gasteiger partial charge < -0.3 is 14.6 Å². The van der Waals surface area contributed by atoms with Crippen molar-refractivity contribution in [2.45, 2.75) is 12.8 Å². The van der Waals surface area contributed by atoms with Gasteiger partial charge in [0.15, 0.2) is 0 Å². The van der Waals surface area contributed by atoms with E-state index in [1.807, 2.05) is 24.3 Å². The smallest absolute Gasteiger partial charge is 0.328 e. The second kappa shape index (κ2) is 8.31. The van der Waals surface area contributed by atoms with Crippen molar-refractivity contribution in [2.75, 3.05) is 20.3 Å². The van der Waals surface area contributed by atoms with E-state index in [4.69, 9.17) is 14.6 Å². The molecule has 0 fully saturated rings. The highest BCUT2D eigenvalue weighted by atomic mass is 16.5. The summed E-state index contributed by atoms with van der Waals surface area (Å²) in [5.74, 6) is -0.266. The second-order valence-electron chi connectivity index (χ2n) is 3.76. The number of rotatable bonds is 8. The third-order valence-corrected chi connectivity index (χ3v) is 2.32. The lowest BCUT2D eigenvalue weighted by Gasteiger charge is -2.08. The van der Waals surface area contributed by atoms with Crippen LogP contribution in [0, 0.1) is 0 Å². The number of methoxy groups -OCH3 is 1. The molecule has 0 bridgehead atoms. The van der Waals surface area contributed by atoms with Gasteiger partial charge in [0.25, 0.3) is 0 Å². The topological polar surface area (TPSA) is 55.8 Å². The Balaban J connectivity index is 2.51. The fraction of sp³-hybridized carbons (Fsp3) is 0.357. The SMILES string of the molecule is COCCCCOc1ccccc1/C=C/C(=O)O. The summed E-state index contributed by atoms with van der Waals surface area (Å²) in [6.45, 7) is 1.32. The van der Waals surface area contributed by atoms with E-state index in [9.17, 15) is 4.79 Å². The molecule has 0 heterocycles. The molecule has 4 nitrogen and oxygen atoms in total. The first-order valence-electron chi connectivity index (χ1n) is 5.86. The van der Waals surface area contributed by atoms with Gasteiger partial charge in [0.1, 0.15) is 5.75 Å². The van der Waals surface area contributed by atoms with Crippen molar-refractivity contribution >= 4 is 12.0 Å². The van der Waals surface area contributed by atoms with Crippen molar-refractivity contribution in [1.82, 2.24) is 0 Å². The molecule has 1 aromatic rings. The summed E-state index contributed by atoms with van der Waals surface area (Å²) >= 11 is 0. The van der Waals surface area contributed by atoms with Crippen LogP contribution >= 0.6 is 0 Å². The van der Waals surface area contributed by atoms with Crippen LogP contribution in [0.3, 0.4) is 0 Å². The minimum Gasteiger partial charge on any atom is -0.493 e. The third kappa shape index (κ3) is 5.50. The average molecular weight is 250 g/mol. The Morgan fingerprint density at radius 3 is 2.72 bits per heavy atom. The van der Waals surface area contributed by atoms with E-state index in [1.54, 1.807) is 7.11 Å². The number of ether oxygens (including phenoxy) is 2. The highest BCUT2D eigenvalue weighted by Crippen LogP contribution is 2.19. The Morgan fingerprint density at radius 1 is 1.28 bits per heavy atom. The maximum absolute atomic E-state index is 10.5. The molecule has 98 valence electrons. The van der Waals surface area contributed by atoms with E-state index in [0.717, 1.165) is 31.1 Å². The first-order chi connectivity index (χ1) is 8.74. The zero-order chi connectivity index (χ0) is 13.2. The third-order valence-electron chi connectivity index (χ3n) is 2.32. The summed E-state index contributed by atoms with van der Waals surface area (Å²) < 4.78 is 10.6. The summed E-state index contributed by atoms with van der Waals surface area (Å²) in [7, 11) is 1.67. The molecule has 0 aliphatic rings. The number of aliphatic carboxylic acids is 1. The van der Waals surface area contributed by atoms with E-state index < -0.39 is 5.97 Å². The number of carboxylic acid groups (broad SMARTS) is 1. The molecule has 0 aliphatic heterocycles. The number of unbranched alkanes of at least 4 members (excludes halogenated alkanes) is 1. The molecule has 1 N–H and O–H groups in total. The van der Waals surface area contributed by atoms with Crippen LogP contribution in [0.15, 0.2) is 30.3 Å². The second-order valence-corrected chi connectivity index (χ2v) is 3.76. The first kappa shape index (κ1) is 14.3. The zero-order valence-electron chi connectivity index (χ0n) is 10.5. The number of carbonyl (C=O) groups is 1.